The molecule has 0 N–H and O–H groups in total. The van der Waals surface area contributed by atoms with Gasteiger partial charge in [0.1, 0.15) is 13.2 Å². The molecule has 0 saturated carbocycles. The molecule has 0 aliphatic carbocycles. The van der Waals surface area contributed by atoms with Gasteiger partial charge in [-0.3, -0.25) is 14.4 Å². The highest BCUT2D eigenvalue weighted by atomic mass is 16.6. The molecule has 0 aromatic heterocycles. The van der Waals surface area contributed by atoms with Gasteiger partial charge in [-0.1, -0.05) is 270 Å². The molecule has 0 aliphatic heterocycles. The smallest absolute Gasteiger partial charge is 0.306 e. The summed E-state index contributed by atoms with van der Waals surface area (Å²) in [5, 5.41) is 0. The Kier molecular flexibility index (Phi) is 54.7. The largest absolute Gasteiger partial charge is 0.462 e. The summed E-state index contributed by atoms with van der Waals surface area (Å²) in [6.07, 6.45) is 66.9. The summed E-state index contributed by atoms with van der Waals surface area (Å²) in [6, 6.07) is 0. The van der Waals surface area contributed by atoms with E-state index < -0.39 is 6.10 Å². The molecule has 0 amide bonds. The van der Waals surface area contributed by atoms with E-state index >= 15 is 0 Å². The van der Waals surface area contributed by atoms with Crippen LogP contribution >= 0.6 is 0 Å². The van der Waals surface area contributed by atoms with Gasteiger partial charge in [-0.2, -0.15) is 0 Å². The Morgan fingerprint density at radius 1 is 0.284 bits per heavy atom. The van der Waals surface area contributed by atoms with E-state index in [4.69, 9.17) is 14.2 Å². The third-order valence-electron chi connectivity index (χ3n) is 13.4. The standard InChI is InChI=1S/C61H114O6/c1-4-7-10-13-15-17-19-20-21-22-23-24-25-26-27-28-29-30-31-32-33-34-35-36-37-38-39-40-42-43-45-48-51-54-60(63)66-57-58(56-65-59(62)53-50-47-12-9-6-3)67-61(64)55-52-49-46-44-41-18-16-14-11-8-5-2/h14,16,22-23,58H,4-13,15,17-21,24-57H2,1-3H3/b16-14-,23-22-. The van der Waals surface area contributed by atoms with Crippen molar-refractivity contribution >= 4 is 17.9 Å². The first-order valence-corrected chi connectivity index (χ1v) is 29.8. The molecule has 0 fully saturated rings. The molecule has 0 saturated heterocycles. The van der Waals surface area contributed by atoms with Crippen LogP contribution in [0.3, 0.4) is 0 Å². The summed E-state index contributed by atoms with van der Waals surface area (Å²) in [4.78, 5) is 37.6. The zero-order valence-corrected chi connectivity index (χ0v) is 45.2. The summed E-state index contributed by atoms with van der Waals surface area (Å²) in [5.41, 5.74) is 0. The van der Waals surface area contributed by atoms with Crippen molar-refractivity contribution in [1.29, 1.82) is 0 Å². The minimum Gasteiger partial charge on any atom is -0.462 e. The molecule has 0 spiro atoms. The molecule has 6 nitrogen and oxygen atoms in total. The van der Waals surface area contributed by atoms with Crippen LogP contribution in [0.5, 0.6) is 0 Å². The van der Waals surface area contributed by atoms with Crippen LogP contribution in [0.1, 0.15) is 329 Å². The number of allylic oxidation sites excluding steroid dienone is 4. The summed E-state index contributed by atoms with van der Waals surface area (Å²) in [7, 11) is 0. The van der Waals surface area contributed by atoms with Gasteiger partial charge in [0.25, 0.3) is 0 Å². The highest BCUT2D eigenvalue weighted by molar-refractivity contribution is 5.71. The average molecular weight is 944 g/mol. The van der Waals surface area contributed by atoms with E-state index in [9.17, 15) is 14.4 Å². The third-order valence-corrected chi connectivity index (χ3v) is 13.4. The van der Waals surface area contributed by atoms with E-state index in [1.54, 1.807) is 0 Å². The number of unbranched alkanes of at least 4 members (excludes halogenated alkanes) is 40. The number of carbonyl (C=O) groups excluding carboxylic acids is 3. The van der Waals surface area contributed by atoms with Crippen molar-refractivity contribution in [3.05, 3.63) is 24.3 Å². The molecule has 394 valence electrons. The van der Waals surface area contributed by atoms with E-state index in [0.717, 1.165) is 70.6 Å². The maximum atomic E-state index is 12.7. The molecule has 0 radical (unpaired) electrons. The molecule has 0 aromatic rings. The second kappa shape index (κ2) is 56.5. The highest BCUT2D eigenvalue weighted by Crippen LogP contribution is 2.17. The lowest BCUT2D eigenvalue weighted by Gasteiger charge is -2.18. The number of carbonyl (C=O) groups is 3. The van der Waals surface area contributed by atoms with Crippen molar-refractivity contribution in [1.82, 2.24) is 0 Å². The fourth-order valence-electron chi connectivity index (χ4n) is 8.89. The van der Waals surface area contributed by atoms with Crippen LogP contribution in [0.25, 0.3) is 0 Å². The number of ether oxygens (including phenoxy) is 3. The Bertz CT molecular complexity index is 1080. The topological polar surface area (TPSA) is 78.9 Å². The van der Waals surface area contributed by atoms with Crippen LogP contribution in [0.4, 0.5) is 0 Å². The van der Waals surface area contributed by atoms with Gasteiger partial charge in [-0.15, -0.1) is 0 Å². The minimum absolute atomic E-state index is 0.0710. The molecular weight excluding hydrogens is 829 g/mol. The Labute approximate surface area is 417 Å². The van der Waals surface area contributed by atoms with Gasteiger partial charge in [0.05, 0.1) is 0 Å². The molecule has 67 heavy (non-hydrogen) atoms. The molecule has 6 heteroatoms. The van der Waals surface area contributed by atoms with Crippen LogP contribution in [0.15, 0.2) is 24.3 Å². The predicted molar refractivity (Wildman–Crippen MR) is 289 cm³/mol. The van der Waals surface area contributed by atoms with Gasteiger partial charge < -0.3 is 14.2 Å². The van der Waals surface area contributed by atoms with Crippen molar-refractivity contribution in [3.8, 4) is 0 Å². The minimum atomic E-state index is -0.767. The monoisotopic (exact) mass is 943 g/mol. The van der Waals surface area contributed by atoms with E-state index in [2.05, 4.69) is 45.1 Å². The van der Waals surface area contributed by atoms with Gasteiger partial charge in [0.2, 0.25) is 0 Å². The lowest BCUT2D eigenvalue weighted by atomic mass is 10.0. The molecule has 0 bridgehead atoms. The number of hydrogen-bond donors (Lipinski definition) is 0. The van der Waals surface area contributed by atoms with Gasteiger partial charge in [-0.05, 0) is 64.2 Å². The van der Waals surface area contributed by atoms with E-state index in [-0.39, 0.29) is 31.1 Å². The van der Waals surface area contributed by atoms with Crippen molar-refractivity contribution < 1.29 is 28.6 Å². The number of esters is 3. The first-order valence-electron chi connectivity index (χ1n) is 29.8. The fraction of sp³-hybridized carbons (Fsp3) is 0.885. The summed E-state index contributed by atoms with van der Waals surface area (Å²) in [6.45, 7) is 6.54. The summed E-state index contributed by atoms with van der Waals surface area (Å²) in [5.74, 6) is -0.882. The molecule has 0 rings (SSSR count). The number of hydrogen-bond acceptors (Lipinski definition) is 6. The zero-order chi connectivity index (χ0) is 48.6. The second-order valence-electron chi connectivity index (χ2n) is 20.3. The Morgan fingerprint density at radius 2 is 0.507 bits per heavy atom. The Morgan fingerprint density at radius 3 is 0.791 bits per heavy atom. The van der Waals surface area contributed by atoms with Crippen molar-refractivity contribution in [3.63, 3.8) is 0 Å². The maximum absolute atomic E-state index is 12.7. The lowest BCUT2D eigenvalue weighted by Crippen LogP contribution is -2.30. The number of rotatable bonds is 55. The van der Waals surface area contributed by atoms with Crippen molar-refractivity contribution in [2.24, 2.45) is 0 Å². The molecule has 0 heterocycles. The normalized spacial score (nSPS) is 12.1. The molecule has 1 atom stereocenters. The summed E-state index contributed by atoms with van der Waals surface area (Å²) < 4.78 is 16.7. The van der Waals surface area contributed by atoms with Crippen LogP contribution in [0, 0.1) is 0 Å². The van der Waals surface area contributed by atoms with Crippen LogP contribution in [-0.2, 0) is 28.6 Å². The van der Waals surface area contributed by atoms with E-state index in [0.29, 0.717) is 19.3 Å². The van der Waals surface area contributed by atoms with E-state index in [1.807, 2.05) is 0 Å². The highest BCUT2D eigenvalue weighted by Gasteiger charge is 2.19. The Hall–Kier alpha value is -2.11. The first kappa shape index (κ1) is 64.9. The first-order chi connectivity index (χ1) is 33.0. The van der Waals surface area contributed by atoms with Crippen LogP contribution in [-0.4, -0.2) is 37.2 Å². The van der Waals surface area contributed by atoms with Gasteiger partial charge >= 0.3 is 17.9 Å². The lowest BCUT2D eigenvalue weighted by molar-refractivity contribution is -0.167. The van der Waals surface area contributed by atoms with Crippen molar-refractivity contribution in [2.45, 2.75) is 335 Å². The average Bonchev–Trinajstić information content (AvgIpc) is 3.33. The maximum Gasteiger partial charge on any atom is 0.306 e. The molecular formula is C61H114O6. The van der Waals surface area contributed by atoms with Crippen molar-refractivity contribution in [2.75, 3.05) is 13.2 Å². The quantitative estimate of drug-likeness (QED) is 0.0262. The molecule has 0 aromatic carbocycles. The van der Waals surface area contributed by atoms with Crippen LogP contribution < -0.4 is 0 Å². The van der Waals surface area contributed by atoms with Crippen LogP contribution in [0.2, 0.25) is 0 Å². The second-order valence-corrected chi connectivity index (χ2v) is 20.3. The fourth-order valence-corrected chi connectivity index (χ4v) is 8.89. The molecule has 0 aliphatic rings. The van der Waals surface area contributed by atoms with Gasteiger partial charge in [0.15, 0.2) is 6.10 Å². The predicted octanol–water partition coefficient (Wildman–Crippen LogP) is 19.9. The zero-order valence-electron chi connectivity index (χ0n) is 45.2. The summed E-state index contributed by atoms with van der Waals surface area (Å²) >= 11 is 0. The van der Waals surface area contributed by atoms with E-state index in [1.165, 1.54) is 218 Å². The third kappa shape index (κ3) is 54.7. The molecule has 1 unspecified atom stereocenters. The SMILES string of the molecule is CCCC/C=C\CCCCCCCC(=O)OC(COC(=O)CCCCCCC)COC(=O)CCCCCCCCCCCCCCCCCCCCCCC/C=C\CCCCCCCCCC. The Balaban J connectivity index is 3.82. The van der Waals surface area contributed by atoms with Gasteiger partial charge in [-0.25, -0.2) is 0 Å². The van der Waals surface area contributed by atoms with Gasteiger partial charge in [0, 0.05) is 19.3 Å².